The Bertz CT molecular complexity index is 1110. The molecule has 0 aliphatic carbocycles. The van der Waals surface area contributed by atoms with Gasteiger partial charge in [0.2, 0.25) is 0 Å². The summed E-state index contributed by atoms with van der Waals surface area (Å²) in [5, 5.41) is 0. The fourth-order valence-corrected chi connectivity index (χ4v) is 5.38. The fourth-order valence-electron chi connectivity index (χ4n) is 5.38. The van der Waals surface area contributed by atoms with Crippen LogP contribution in [0.1, 0.15) is 27.7 Å². The largest absolute Gasteiger partial charge is 0.458 e. The van der Waals surface area contributed by atoms with E-state index in [-0.39, 0.29) is 5.97 Å². The molecule has 1 unspecified atom stereocenters. The Morgan fingerprint density at radius 1 is 0.247 bits per heavy atom. The van der Waals surface area contributed by atoms with Crippen molar-refractivity contribution in [3.8, 4) is 0 Å². The normalized spacial score (nSPS) is 12.3. The van der Waals surface area contributed by atoms with Crippen LogP contribution in [0.2, 0.25) is 0 Å². The van der Waals surface area contributed by atoms with Crippen LogP contribution < -0.4 is 0 Å². The van der Waals surface area contributed by atoms with Gasteiger partial charge in [-0.3, -0.25) is 0 Å². The number of carbonyl (C=O) groups is 1. The first-order valence-electron chi connectivity index (χ1n) is 27.3. The van der Waals surface area contributed by atoms with Crippen LogP contribution in [-0.4, -0.2) is 315 Å². The zero-order chi connectivity index (χ0) is 55.7. The first-order chi connectivity index (χ1) is 37.9. The SMILES string of the molecule is COCCOCCOCCOCCOCCOCCOCCOCCOCCOCCOCCOCCOCCOCCOCCOCCOCCOCCOCCOCCOCCOCCOC(C)C(=O)OC(C)(C)C. The molecule has 0 radical (unpaired) electrons. The van der Waals surface area contributed by atoms with Crippen molar-refractivity contribution in [2.24, 2.45) is 0 Å². The number of carbonyl (C=O) groups excluding carboxylic acids is 1. The Morgan fingerprint density at radius 3 is 0.506 bits per heavy atom. The second-order valence-corrected chi connectivity index (χ2v) is 16.9. The van der Waals surface area contributed by atoms with Crippen LogP contribution in [0.4, 0.5) is 0 Å². The predicted molar refractivity (Wildman–Crippen MR) is 280 cm³/mol. The molecule has 0 bridgehead atoms. The molecule has 0 heterocycles. The maximum absolute atomic E-state index is 11.9. The Kier molecular flexibility index (Phi) is 64.1. The lowest BCUT2D eigenvalue weighted by atomic mass is 10.2. The molecule has 0 aliphatic heterocycles. The van der Waals surface area contributed by atoms with Crippen molar-refractivity contribution in [3.05, 3.63) is 0 Å². The minimum Gasteiger partial charge on any atom is -0.458 e. The molecular weight excluding hydrogens is 1020 g/mol. The third-order valence-electron chi connectivity index (χ3n) is 9.21. The van der Waals surface area contributed by atoms with Gasteiger partial charge < -0.3 is 114 Å². The highest BCUT2D eigenvalue weighted by molar-refractivity contribution is 5.74. The van der Waals surface area contributed by atoms with E-state index in [4.69, 9.17) is 114 Å². The lowest BCUT2D eigenvalue weighted by molar-refractivity contribution is -0.168. The third kappa shape index (κ3) is 68.7. The van der Waals surface area contributed by atoms with Gasteiger partial charge in [-0.25, -0.2) is 4.79 Å². The highest BCUT2D eigenvalue weighted by Gasteiger charge is 2.22. The Hall–Kier alpha value is -1.45. The van der Waals surface area contributed by atoms with Gasteiger partial charge in [-0.1, -0.05) is 0 Å². The Balaban J connectivity index is 3.11. The molecule has 77 heavy (non-hydrogen) atoms. The van der Waals surface area contributed by atoms with Gasteiger partial charge in [0.15, 0.2) is 6.10 Å². The van der Waals surface area contributed by atoms with Crippen LogP contribution in [0.5, 0.6) is 0 Å². The van der Waals surface area contributed by atoms with Gasteiger partial charge in [-0.05, 0) is 27.7 Å². The summed E-state index contributed by atoms with van der Waals surface area (Å²) in [4.78, 5) is 11.9. The van der Waals surface area contributed by atoms with E-state index >= 15 is 0 Å². The molecular formula is C52H104O25. The Labute approximate surface area is 460 Å². The maximum Gasteiger partial charge on any atom is 0.335 e. The maximum atomic E-state index is 11.9. The van der Waals surface area contributed by atoms with Crippen molar-refractivity contribution in [2.45, 2.75) is 39.4 Å². The molecule has 0 aromatic carbocycles. The van der Waals surface area contributed by atoms with Gasteiger partial charge >= 0.3 is 5.97 Å². The Morgan fingerprint density at radius 2 is 0.377 bits per heavy atom. The molecule has 25 nitrogen and oxygen atoms in total. The zero-order valence-electron chi connectivity index (χ0n) is 47.9. The van der Waals surface area contributed by atoms with E-state index < -0.39 is 11.7 Å². The average Bonchev–Trinajstić information content (AvgIpc) is 3.41. The molecule has 0 aromatic heterocycles. The molecule has 0 rings (SSSR count). The molecule has 25 heteroatoms. The van der Waals surface area contributed by atoms with Crippen molar-refractivity contribution in [3.63, 3.8) is 0 Å². The van der Waals surface area contributed by atoms with Gasteiger partial charge in [0.05, 0.1) is 291 Å². The summed E-state index contributed by atoms with van der Waals surface area (Å²) >= 11 is 0. The number of ether oxygens (including phenoxy) is 24. The van der Waals surface area contributed by atoms with Crippen molar-refractivity contribution in [1.82, 2.24) is 0 Å². The van der Waals surface area contributed by atoms with E-state index in [1.54, 1.807) is 14.0 Å². The lowest BCUT2D eigenvalue weighted by Gasteiger charge is -2.22. The number of hydrogen-bond donors (Lipinski definition) is 0. The highest BCUT2D eigenvalue weighted by Crippen LogP contribution is 2.09. The fraction of sp³-hybridized carbons (Fsp3) is 0.981. The molecule has 0 amide bonds. The first-order valence-corrected chi connectivity index (χ1v) is 27.3. The van der Waals surface area contributed by atoms with Crippen molar-refractivity contribution >= 4 is 5.97 Å². The molecule has 0 aromatic rings. The highest BCUT2D eigenvalue weighted by atomic mass is 16.6. The molecule has 0 saturated heterocycles. The molecule has 0 spiro atoms. The van der Waals surface area contributed by atoms with Crippen LogP contribution in [-0.2, 0) is 118 Å². The van der Waals surface area contributed by atoms with Crippen molar-refractivity contribution < 1.29 is 118 Å². The van der Waals surface area contributed by atoms with E-state index in [1.165, 1.54) is 0 Å². The number of rotatable bonds is 68. The summed E-state index contributed by atoms with van der Waals surface area (Å²) in [6.45, 7) is 28.4. The number of hydrogen-bond acceptors (Lipinski definition) is 25. The average molecular weight is 1130 g/mol. The molecule has 0 N–H and O–H groups in total. The molecule has 0 fully saturated rings. The first kappa shape index (κ1) is 75.5. The van der Waals surface area contributed by atoms with E-state index in [1.807, 2.05) is 20.8 Å². The summed E-state index contributed by atoms with van der Waals surface area (Å²) in [5.74, 6) is -0.388. The predicted octanol–water partition coefficient (Wildman–Crippen LogP) is 1.73. The van der Waals surface area contributed by atoms with E-state index in [0.717, 1.165) is 0 Å². The molecule has 1 atom stereocenters. The summed E-state index contributed by atoms with van der Waals surface area (Å²) in [5.41, 5.74) is -0.540. The monoisotopic (exact) mass is 1130 g/mol. The van der Waals surface area contributed by atoms with Crippen LogP contribution >= 0.6 is 0 Å². The number of esters is 1. The third-order valence-corrected chi connectivity index (χ3v) is 9.21. The van der Waals surface area contributed by atoms with Gasteiger partial charge in [0.1, 0.15) is 5.60 Å². The minimum atomic E-state index is -0.638. The van der Waals surface area contributed by atoms with Crippen molar-refractivity contribution in [1.29, 1.82) is 0 Å². The van der Waals surface area contributed by atoms with Gasteiger partial charge in [0.25, 0.3) is 0 Å². The molecule has 0 aliphatic rings. The second-order valence-electron chi connectivity index (χ2n) is 16.9. The zero-order valence-corrected chi connectivity index (χ0v) is 47.9. The number of methoxy groups -OCH3 is 1. The van der Waals surface area contributed by atoms with E-state index in [2.05, 4.69) is 0 Å². The van der Waals surface area contributed by atoms with Crippen molar-refractivity contribution in [2.75, 3.05) is 298 Å². The summed E-state index contributed by atoms with van der Waals surface area (Å²) in [7, 11) is 1.64. The van der Waals surface area contributed by atoms with E-state index in [9.17, 15) is 4.79 Å². The topological polar surface area (TPSA) is 239 Å². The summed E-state index contributed by atoms with van der Waals surface area (Å²) in [6, 6.07) is 0. The van der Waals surface area contributed by atoms with Crippen LogP contribution in [0, 0.1) is 0 Å². The second kappa shape index (κ2) is 65.4. The van der Waals surface area contributed by atoms with Gasteiger partial charge in [0, 0.05) is 7.11 Å². The van der Waals surface area contributed by atoms with Gasteiger partial charge in [-0.15, -0.1) is 0 Å². The molecule has 462 valence electrons. The summed E-state index contributed by atoms with van der Waals surface area (Å²) in [6.07, 6.45) is -0.638. The lowest BCUT2D eigenvalue weighted by Crippen LogP contribution is -2.32. The van der Waals surface area contributed by atoms with E-state index in [0.29, 0.717) is 291 Å². The minimum absolute atomic E-state index is 0.297. The van der Waals surface area contributed by atoms with Crippen LogP contribution in [0.15, 0.2) is 0 Å². The smallest absolute Gasteiger partial charge is 0.335 e. The molecule has 0 saturated carbocycles. The van der Waals surface area contributed by atoms with Gasteiger partial charge in [-0.2, -0.15) is 0 Å². The summed E-state index contributed by atoms with van der Waals surface area (Å²) < 4.78 is 131. The standard InChI is InChI=1S/C52H104O25/c1-50(51(53)77-52(2,3)4)76-49-48-75-47-46-74-45-44-73-43-42-72-41-40-71-39-38-70-37-36-69-35-34-68-33-32-67-31-30-66-29-28-65-27-26-64-25-24-63-23-22-62-21-20-61-19-18-60-17-16-59-15-14-58-13-12-57-11-10-56-9-8-55-7-6-54-5/h50H,6-49H2,1-5H3. The van der Waals surface area contributed by atoms with Crippen LogP contribution in [0.25, 0.3) is 0 Å². The quantitative estimate of drug-likeness (QED) is 0.0623. The van der Waals surface area contributed by atoms with Crippen LogP contribution in [0.3, 0.4) is 0 Å².